The minimum Gasteiger partial charge on any atom is -0.369 e. The molecule has 210 valence electrons. The molecule has 0 saturated heterocycles. The zero-order chi connectivity index (χ0) is 28.8. The molecule has 3 aromatic rings. The van der Waals surface area contributed by atoms with Gasteiger partial charge in [-0.05, 0) is 36.8 Å². The lowest BCUT2D eigenvalue weighted by molar-refractivity contribution is -0.137. The first kappa shape index (κ1) is 30.2. The summed E-state index contributed by atoms with van der Waals surface area (Å²) in [4.78, 5) is 30.0. The SMILES string of the molecule is O=C(CCCNc1ncc(C(F)(F)F)cc1Cl)NNS(=O)(=O)c1ccc(CNC(=O)c2cc(F)cc(F)c2)s1. The number of amides is 2. The van der Waals surface area contributed by atoms with Crippen molar-refractivity contribution in [2.24, 2.45) is 0 Å². The second-order valence-corrected chi connectivity index (χ2v) is 11.3. The van der Waals surface area contributed by atoms with Crippen LogP contribution in [0.1, 0.15) is 33.6 Å². The van der Waals surface area contributed by atoms with Crippen molar-refractivity contribution in [1.82, 2.24) is 20.6 Å². The number of nitrogens with one attached hydrogen (secondary N) is 4. The third kappa shape index (κ3) is 8.84. The smallest absolute Gasteiger partial charge is 0.369 e. The molecule has 2 amide bonds. The van der Waals surface area contributed by atoms with E-state index in [1.165, 1.54) is 12.1 Å². The number of hydrazine groups is 1. The summed E-state index contributed by atoms with van der Waals surface area (Å²) in [5.41, 5.74) is 0.794. The van der Waals surface area contributed by atoms with Crippen LogP contribution >= 0.6 is 22.9 Å². The van der Waals surface area contributed by atoms with Gasteiger partial charge in [-0.15, -0.1) is 16.2 Å². The molecule has 1 aromatic carbocycles. The fourth-order valence-corrected chi connectivity index (χ4v) is 5.36. The minimum absolute atomic E-state index is 0.00133. The number of hydrogen-bond acceptors (Lipinski definition) is 7. The van der Waals surface area contributed by atoms with E-state index in [9.17, 15) is 40.0 Å². The number of sulfonamides is 1. The zero-order valence-electron chi connectivity index (χ0n) is 19.5. The highest BCUT2D eigenvalue weighted by molar-refractivity contribution is 7.91. The minimum atomic E-state index is -4.59. The Balaban J connectivity index is 1.42. The maximum absolute atomic E-state index is 13.3. The maximum atomic E-state index is 13.3. The number of rotatable bonds is 11. The van der Waals surface area contributed by atoms with Gasteiger partial charge < -0.3 is 10.6 Å². The second-order valence-electron chi connectivity index (χ2n) is 7.80. The van der Waals surface area contributed by atoms with Gasteiger partial charge in [-0.3, -0.25) is 15.0 Å². The molecular formula is C22H19ClF5N5O4S2. The molecule has 0 aliphatic rings. The van der Waals surface area contributed by atoms with Gasteiger partial charge >= 0.3 is 6.18 Å². The normalized spacial score (nSPS) is 11.7. The molecule has 2 aromatic heterocycles. The average molecular weight is 612 g/mol. The van der Waals surface area contributed by atoms with Gasteiger partial charge in [0, 0.05) is 35.7 Å². The van der Waals surface area contributed by atoms with Gasteiger partial charge in [-0.1, -0.05) is 11.6 Å². The number of nitrogens with zero attached hydrogens (tertiary/aromatic N) is 1. The number of alkyl halides is 3. The number of benzene rings is 1. The van der Waals surface area contributed by atoms with Crippen molar-refractivity contribution in [2.45, 2.75) is 29.8 Å². The number of carbonyl (C=O) groups is 2. The van der Waals surface area contributed by atoms with Crippen LogP contribution in [-0.4, -0.2) is 31.8 Å². The van der Waals surface area contributed by atoms with E-state index in [4.69, 9.17) is 11.6 Å². The van der Waals surface area contributed by atoms with E-state index in [0.29, 0.717) is 23.2 Å². The van der Waals surface area contributed by atoms with Crippen molar-refractivity contribution in [3.05, 3.63) is 75.3 Å². The molecule has 4 N–H and O–H groups in total. The van der Waals surface area contributed by atoms with Crippen LogP contribution in [0.25, 0.3) is 0 Å². The molecule has 2 heterocycles. The van der Waals surface area contributed by atoms with Crippen molar-refractivity contribution < 1.29 is 40.0 Å². The van der Waals surface area contributed by atoms with Crippen LogP contribution in [0.15, 0.2) is 46.8 Å². The Hall–Kier alpha value is -3.34. The quantitative estimate of drug-likeness (QED) is 0.146. The summed E-state index contributed by atoms with van der Waals surface area (Å²) in [6.45, 7) is -0.00512. The summed E-state index contributed by atoms with van der Waals surface area (Å²) in [5.74, 6) is -3.29. The van der Waals surface area contributed by atoms with Gasteiger partial charge in [-0.25, -0.2) is 22.2 Å². The summed E-state index contributed by atoms with van der Waals surface area (Å²) >= 11 is 6.58. The monoisotopic (exact) mass is 611 g/mol. The number of halogens is 6. The number of anilines is 1. The van der Waals surface area contributed by atoms with Gasteiger partial charge in [0.1, 0.15) is 21.7 Å². The van der Waals surface area contributed by atoms with E-state index in [1.807, 2.05) is 10.3 Å². The molecular weight excluding hydrogens is 593 g/mol. The Morgan fingerprint density at radius 1 is 1.05 bits per heavy atom. The molecule has 0 fully saturated rings. The molecule has 0 unspecified atom stereocenters. The third-order valence-electron chi connectivity index (χ3n) is 4.82. The second kappa shape index (κ2) is 12.7. The van der Waals surface area contributed by atoms with Crippen molar-refractivity contribution in [1.29, 1.82) is 0 Å². The Morgan fingerprint density at radius 2 is 1.74 bits per heavy atom. The van der Waals surface area contributed by atoms with Crippen LogP contribution in [-0.2, 0) is 27.5 Å². The molecule has 0 bridgehead atoms. The van der Waals surface area contributed by atoms with Crippen LogP contribution in [0, 0.1) is 11.6 Å². The van der Waals surface area contributed by atoms with E-state index in [2.05, 4.69) is 15.6 Å². The summed E-state index contributed by atoms with van der Waals surface area (Å²) < 4.78 is 89.2. The van der Waals surface area contributed by atoms with E-state index in [-0.39, 0.29) is 46.5 Å². The van der Waals surface area contributed by atoms with Crippen LogP contribution in [0.4, 0.5) is 27.8 Å². The van der Waals surface area contributed by atoms with E-state index in [0.717, 1.165) is 23.5 Å². The first-order valence-corrected chi connectivity index (χ1v) is 13.5. The highest BCUT2D eigenvalue weighted by atomic mass is 35.5. The van der Waals surface area contributed by atoms with E-state index >= 15 is 0 Å². The van der Waals surface area contributed by atoms with Crippen molar-refractivity contribution >= 4 is 50.6 Å². The highest BCUT2D eigenvalue weighted by Crippen LogP contribution is 2.32. The first-order valence-electron chi connectivity index (χ1n) is 10.8. The Bertz CT molecular complexity index is 1450. The third-order valence-corrected chi connectivity index (χ3v) is 7.93. The van der Waals surface area contributed by atoms with Gasteiger partial charge in [0.2, 0.25) is 5.91 Å². The van der Waals surface area contributed by atoms with Gasteiger partial charge in [0.05, 0.1) is 17.1 Å². The first-order chi connectivity index (χ1) is 18.2. The molecule has 0 saturated carbocycles. The molecule has 0 atom stereocenters. The number of carbonyl (C=O) groups excluding carboxylic acids is 2. The highest BCUT2D eigenvalue weighted by Gasteiger charge is 2.31. The average Bonchev–Trinajstić information content (AvgIpc) is 3.34. The van der Waals surface area contributed by atoms with Crippen molar-refractivity contribution in [3.63, 3.8) is 0 Å². The number of hydrogen-bond donors (Lipinski definition) is 4. The summed E-state index contributed by atoms with van der Waals surface area (Å²) in [5, 5.41) is 4.86. The zero-order valence-corrected chi connectivity index (χ0v) is 21.9. The molecule has 0 aliphatic carbocycles. The Labute approximate surface area is 227 Å². The van der Waals surface area contributed by atoms with Crippen molar-refractivity contribution in [3.8, 4) is 0 Å². The van der Waals surface area contributed by atoms with Crippen LogP contribution in [0.2, 0.25) is 5.02 Å². The predicted molar refractivity (Wildman–Crippen MR) is 132 cm³/mol. The standard InChI is InChI=1S/C22H19ClF5N5O4S2/c23-17-8-13(22(26,27)28)10-30-20(17)29-5-1-2-18(34)32-33-39(36,37)19-4-3-16(38-19)11-31-21(35)12-6-14(24)9-15(25)7-12/h3-4,6-10,33H,1-2,5,11H2,(H,29,30)(H,31,35)(H,32,34). The number of pyridine rings is 1. The fraction of sp³-hybridized carbons (Fsp3) is 0.227. The molecule has 0 spiro atoms. The summed E-state index contributed by atoms with van der Waals surface area (Å²) in [6, 6.07) is 5.70. The van der Waals surface area contributed by atoms with Crippen LogP contribution in [0.3, 0.4) is 0 Å². The maximum Gasteiger partial charge on any atom is 0.417 e. The fourth-order valence-electron chi connectivity index (χ4n) is 2.97. The van der Waals surface area contributed by atoms with Crippen molar-refractivity contribution in [2.75, 3.05) is 11.9 Å². The van der Waals surface area contributed by atoms with Gasteiger partial charge in [0.25, 0.3) is 15.9 Å². The molecule has 17 heteroatoms. The van der Waals surface area contributed by atoms with E-state index < -0.39 is 45.2 Å². The summed E-state index contributed by atoms with van der Waals surface area (Å²) in [7, 11) is -4.14. The summed E-state index contributed by atoms with van der Waals surface area (Å²) in [6.07, 6.45) is -3.95. The van der Waals surface area contributed by atoms with Gasteiger partial charge in [0.15, 0.2) is 0 Å². The Morgan fingerprint density at radius 3 is 2.38 bits per heavy atom. The lowest BCUT2D eigenvalue weighted by Crippen LogP contribution is -2.41. The number of thiophene rings is 1. The van der Waals surface area contributed by atoms with Crippen LogP contribution < -0.4 is 20.9 Å². The molecule has 9 nitrogen and oxygen atoms in total. The molecule has 3 rings (SSSR count). The molecule has 39 heavy (non-hydrogen) atoms. The number of aromatic nitrogens is 1. The lowest BCUT2D eigenvalue weighted by Gasteiger charge is -2.11. The largest absolute Gasteiger partial charge is 0.417 e. The molecule has 0 aliphatic heterocycles. The van der Waals surface area contributed by atoms with Crippen LogP contribution in [0.5, 0.6) is 0 Å². The topological polar surface area (TPSA) is 129 Å². The molecule has 0 radical (unpaired) electrons. The van der Waals surface area contributed by atoms with E-state index in [1.54, 1.807) is 0 Å². The Kier molecular flexibility index (Phi) is 9.82. The van der Waals surface area contributed by atoms with Gasteiger partial charge in [-0.2, -0.15) is 13.2 Å². The predicted octanol–water partition coefficient (Wildman–Crippen LogP) is 4.23. The lowest BCUT2D eigenvalue weighted by atomic mass is 10.2.